The molecule has 0 radical (unpaired) electrons. The minimum absolute atomic E-state index is 0.569. The first kappa shape index (κ1) is 16.0. The number of rotatable bonds is 4. The first-order chi connectivity index (χ1) is 9.56. The number of halogens is 2. The Morgan fingerprint density at radius 1 is 1.05 bits per heavy atom. The van der Waals surface area contributed by atoms with E-state index in [0.717, 1.165) is 32.0 Å². The minimum Gasteiger partial charge on any atom is -0.384 e. The van der Waals surface area contributed by atoms with Crippen molar-refractivity contribution in [3.05, 3.63) is 66.7 Å². The highest BCUT2D eigenvalue weighted by atomic mass is 127. The molecule has 0 bridgehead atoms. The standard InChI is InChI=1S/C17H18BrIO/c1-3-11-5-6-12(4-2)14(9-11)17(20)15-10-13(18)7-8-16(15)19/h5-10,17,20H,3-4H2,1-2H3. The van der Waals surface area contributed by atoms with E-state index in [1.54, 1.807) is 0 Å². The van der Waals surface area contributed by atoms with Gasteiger partial charge in [-0.05, 0) is 75.9 Å². The molecule has 106 valence electrons. The molecule has 2 aromatic carbocycles. The van der Waals surface area contributed by atoms with Crippen LogP contribution in [0.5, 0.6) is 0 Å². The van der Waals surface area contributed by atoms with Crippen LogP contribution in [0.4, 0.5) is 0 Å². The zero-order valence-corrected chi connectivity index (χ0v) is 15.4. The summed E-state index contributed by atoms with van der Waals surface area (Å²) in [5.41, 5.74) is 4.47. The zero-order valence-electron chi connectivity index (χ0n) is 11.7. The van der Waals surface area contributed by atoms with Gasteiger partial charge in [0.15, 0.2) is 0 Å². The third kappa shape index (κ3) is 3.43. The van der Waals surface area contributed by atoms with Crippen LogP contribution in [-0.4, -0.2) is 5.11 Å². The Kier molecular flexibility index (Phi) is 5.64. The quantitative estimate of drug-likeness (QED) is 0.637. The molecular weight excluding hydrogens is 427 g/mol. The van der Waals surface area contributed by atoms with Gasteiger partial charge in [0.1, 0.15) is 6.10 Å². The smallest absolute Gasteiger partial charge is 0.105 e. The molecule has 3 heteroatoms. The molecule has 0 aliphatic heterocycles. The van der Waals surface area contributed by atoms with Crippen molar-refractivity contribution in [2.24, 2.45) is 0 Å². The molecule has 20 heavy (non-hydrogen) atoms. The lowest BCUT2D eigenvalue weighted by atomic mass is 9.93. The molecule has 0 heterocycles. The van der Waals surface area contributed by atoms with Crippen LogP contribution in [0.3, 0.4) is 0 Å². The molecule has 1 nitrogen and oxygen atoms in total. The van der Waals surface area contributed by atoms with E-state index in [-0.39, 0.29) is 0 Å². The molecule has 2 aromatic rings. The second-order valence-corrected chi connectivity index (χ2v) is 6.89. The molecular formula is C17H18BrIO. The summed E-state index contributed by atoms with van der Waals surface area (Å²) in [7, 11) is 0. The van der Waals surface area contributed by atoms with Crippen molar-refractivity contribution < 1.29 is 5.11 Å². The van der Waals surface area contributed by atoms with Gasteiger partial charge in [-0.2, -0.15) is 0 Å². The topological polar surface area (TPSA) is 20.2 Å². The SMILES string of the molecule is CCc1ccc(CC)c(C(O)c2cc(Br)ccc2I)c1. The van der Waals surface area contributed by atoms with Crippen molar-refractivity contribution >= 4 is 38.5 Å². The van der Waals surface area contributed by atoms with Crippen molar-refractivity contribution in [3.63, 3.8) is 0 Å². The summed E-state index contributed by atoms with van der Waals surface area (Å²) in [6.45, 7) is 4.27. The van der Waals surface area contributed by atoms with Crippen molar-refractivity contribution in [2.75, 3.05) is 0 Å². The van der Waals surface area contributed by atoms with Crippen LogP contribution in [-0.2, 0) is 12.8 Å². The third-order valence-electron chi connectivity index (χ3n) is 3.55. The normalized spacial score (nSPS) is 12.4. The average Bonchev–Trinajstić information content (AvgIpc) is 2.48. The Labute approximate surface area is 142 Å². The van der Waals surface area contributed by atoms with Crippen molar-refractivity contribution in [1.82, 2.24) is 0 Å². The third-order valence-corrected chi connectivity index (χ3v) is 5.02. The van der Waals surface area contributed by atoms with Gasteiger partial charge < -0.3 is 5.11 Å². The molecule has 0 saturated carbocycles. The summed E-state index contributed by atoms with van der Waals surface area (Å²) in [4.78, 5) is 0. The minimum atomic E-state index is -0.569. The summed E-state index contributed by atoms with van der Waals surface area (Å²) >= 11 is 5.77. The lowest BCUT2D eigenvalue weighted by Gasteiger charge is -2.18. The van der Waals surface area contributed by atoms with E-state index in [2.05, 4.69) is 70.6 Å². The van der Waals surface area contributed by atoms with E-state index in [1.165, 1.54) is 11.1 Å². The van der Waals surface area contributed by atoms with Gasteiger partial charge in [-0.3, -0.25) is 0 Å². The molecule has 1 atom stereocenters. The van der Waals surface area contributed by atoms with Gasteiger partial charge in [0.25, 0.3) is 0 Å². The monoisotopic (exact) mass is 444 g/mol. The number of hydrogen-bond donors (Lipinski definition) is 1. The summed E-state index contributed by atoms with van der Waals surface area (Å²) < 4.78 is 2.08. The zero-order chi connectivity index (χ0) is 14.7. The lowest BCUT2D eigenvalue weighted by molar-refractivity contribution is 0.218. The molecule has 0 aromatic heterocycles. The Bertz CT molecular complexity index is 610. The molecule has 0 spiro atoms. The van der Waals surface area contributed by atoms with Crippen LogP contribution in [0.2, 0.25) is 0 Å². The Hall–Kier alpha value is -0.390. The summed E-state index contributed by atoms with van der Waals surface area (Å²) in [5.74, 6) is 0. The predicted molar refractivity (Wildman–Crippen MR) is 96.1 cm³/mol. The maximum absolute atomic E-state index is 10.8. The van der Waals surface area contributed by atoms with E-state index in [0.29, 0.717) is 0 Å². The molecule has 2 rings (SSSR count). The van der Waals surface area contributed by atoms with Crippen LogP contribution >= 0.6 is 38.5 Å². The summed E-state index contributed by atoms with van der Waals surface area (Å²) in [6.07, 6.45) is 1.35. The molecule has 0 amide bonds. The van der Waals surface area contributed by atoms with E-state index in [4.69, 9.17) is 0 Å². The van der Waals surface area contributed by atoms with Crippen molar-refractivity contribution in [2.45, 2.75) is 32.8 Å². The first-order valence-corrected chi connectivity index (χ1v) is 8.68. The summed E-state index contributed by atoms with van der Waals surface area (Å²) in [5, 5.41) is 10.8. The fourth-order valence-electron chi connectivity index (χ4n) is 2.33. The number of benzene rings is 2. The summed E-state index contributed by atoms with van der Waals surface area (Å²) in [6, 6.07) is 12.5. The fourth-order valence-corrected chi connectivity index (χ4v) is 3.34. The van der Waals surface area contributed by atoms with E-state index in [1.807, 2.05) is 18.2 Å². The molecule has 0 fully saturated rings. The predicted octanol–water partition coefficient (Wildman–Crippen LogP) is 5.26. The maximum Gasteiger partial charge on any atom is 0.105 e. The number of aryl methyl sites for hydroxylation is 2. The maximum atomic E-state index is 10.8. The number of aliphatic hydroxyl groups excluding tert-OH is 1. The highest BCUT2D eigenvalue weighted by Gasteiger charge is 2.17. The lowest BCUT2D eigenvalue weighted by Crippen LogP contribution is -2.06. The van der Waals surface area contributed by atoms with Gasteiger partial charge in [0, 0.05) is 8.04 Å². The second kappa shape index (κ2) is 7.05. The van der Waals surface area contributed by atoms with Gasteiger partial charge in [-0.15, -0.1) is 0 Å². The van der Waals surface area contributed by atoms with Crippen LogP contribution in [0.1, 0.15) is 42.2 Å². The highest BCUT2D eigenvalue weighted by molar-refractivity contribution is 14.1. The van der Waals surface area contributed by atoms with Crippen LogP contribution in [0.25, 0.3) is 0 Å². The largest absolute Gasteiger partial charge is 0.384 e. The van der Waals surface area contributed by atoms with Crippen LogP contribution in [0.15, 0.2) is 40.9 Å². The van der Waals surface area contributed by atoms with E-state index >= 15 is 0 Å². The van der Waals surface area contributed by atoms with E-state index in [9.17, 15) is 5.11 Å². The molecule has 0 saturated heterocycles. The van der Waals surface area contributed by atoms with Gasteiger partial charge >= 0.3 is 0 Å². The molecule has 1 unspecified atom stereocenters. The van der Waals surface area contributed by atoms with Gasteiger partial charge in [-0.1, -0.05) is 48.0 Å². The first-order valence-electron chi connectivity index (χ1n) is 6.81. The molecule has 0 aliphatic carbocycles. The van der Waals surface area contributed by atoms with Gasteiger partial charge in [0.05, 0.1) is 0 Å². The van der Waals surface area contributed by atoms with Gasteiger partial charge in [-0.25, -0.2) is 0 Å². The number of aliphatic hydroxyl groups is 1. The van der Waals surface area contributed by atoms with Crippen LogP contribution in [0, 0.1) is 3.57 Å². The fraction of sp³-hybridized carbons (Fsp3) is 0.294. The van der Waals surface area contributed by atoms with Crippen molar-refractivity contribution in [1.29, 1.82) is 0 Å². The van der Waals surface area contributed by atoms with Gasteiger partial charge in [0.2, 0.25) is 0 Å². The van der Waals surface area contributed by atoms with Crippen molar-refractivity contribution in [3.8, 4) is 0 Å². The Morgan fingerprint density at radius 2 is 1.80 bits per heavy atom. The highest BCUT2D eigenvalue weighted by Crippen LogP contribution is 2.31. The van der Waals surface area contributed by atoms with E-state index < -0.39 is 6.10 Å². The average molecular weight is 445 g/mol. The van der Waals surface area contributed by atoms with Crippen LogP contribution < -0.4 is 0 Å². The molecule has 1 N–H and O–H groups in total. The Morgan fingerprint density at radius 3 is 2.45 bits per heavy atom. The molecule has 0 aliphatic rings. The second-order valence-electron chi connectivity index (χ2n) is 4.81. The number of hydrogen-bond acceptors (Lipinski definition) is 1. The Balaban J connectivity index is 2.51.